The third-order valence-corrected chi connectivity index (χ3v) is 5.55. The van der Waals surface area contributed by atoms with Gasteiger partial charge in [0, 0.05) is 32.2 Å². The molecule has 1 saturated carbocycles. The van der Waals surface area contributed by atoms with Crippen molar-refractivity contribution in [3.8, 4) is 0 Å². The summed E-state index contributed by atoms with van der Waals surface area (Å²) in [7, 11) is 0. The summed E-state index contributed by atoms with van der Waals surface area (Å²) in [5.41, 5.74) is 3.65. The SMILES string of the molecule is Cc1ccc(C(C)NC(=O)CN2CCN(CC(=O)NC3CC3)CC2)cc1C. The van der Waals surface area contributed by atoms with Crippen LogP contribution in [0.4, 0.5) is 0 Å². The Labute approximate surface area is 162 Å². The molecule has 0 radical (unpaired) electrons. The van der Waals surface area contributed by atoms with Gasteiger partial charge in [-0.2, -0.15) is 0 Å². The number of rotatable bonds is 7. The smallest absolute Gasteiger partial charge is 0.234 e. The summed E-state index contributed by atoms with van der Waals surface area (Å²) in [4.78, 5) is 28.6. The summed E-state index contributed by atoms with van der Waals surface area (Å²) in [6, 6.07) is 6.75. The van der Waals surface area contributed by atoms with Gasteiger partial charge in [0.25, 0.3) is 0 Å². The van der Waals surface area contributed by atoms with E-state index in [1.54, 1.807) is 0 Å². The van der Waals surface area contributed by atoms with E-state index < -0.39 is 0 Å². The Kier molecular flexibility index (Phi) is 6.50. The molecule has 27 heavy (non-hydrogen) atoms. The minimum Gasteiger partial charge on any atom is -0.352 e. The van der Waals surface area contributed by atoms with Crippen LogP contribution in [0.3, 0.4) is 0 Å². The van der Waals surface area contributed by atoms with Crippen molar-refractivity contribution in [2.45, 2.75) is 45.7 Å². The average molecular weight is 373 g/mol. The standard InChI is InChI=1S/C21H32N4O2/c1-15-4-5-18(12-16(15)2)17(3)22-20(26)13-24-8-10-25(11-9-24)14-21(27)23-19-6-7-19/h4-5,12,17,19H,6-11,13-14H2,1-3H3,(H,22,26)(H,23,27). The van der Waals surface area contributed by atoms with Gasteiger partial charge in [0.1, 0.15) is 0 Å². The second-order valence-corrected chi connectivity index (χ2v) is 8.03. The summed E-state index contributed by atoms with van der Waals surface area (Å²) in [6.45, 7) is 10.4. The van der Waals surface area contributed by atoms with Crippen LogP contribution >= 0.6 is 0 Å². The van der Waals surface area contributed by atoms with E-state index in [-0.39, 0.29) is 17.9 Å². The van der Waals surface area contributed by atoms with Crippen LogP contribution in [-0.4, -0.2) is 66.9 Å². The molecule has 1 heterocycles. The largest absolute Gasteiger partial charge is 0.352 e. The number of nitrogens with one attached hydrogen (secondary N) is 2. The molecule has 0 aromatic heterocycles. The van der Waals surface area contributed by atoms with E-state index in [4.69, 9.17) is 0 Å². The summed E-state index contributed by atoms with van der Waals surface area (Å²) in [6.07, 6.45) is 2.24. The molecule has 2 aliphatic rings. The van der Waals surface area contributed by atoms with Crippen molar-refractivity contribution < 1.29 is 9.59 Å². The van der Waals surface area contributed by atoms with Gasteiger partial charge in [-0.05, 0) is 50.3 Å². The van der Waals surface area contributed by atoms with Crippen LogP contribution in [0.15, 0.2) is 18.2 Å². The Hall–Kier alpha value is -1.92. The zero-order valence-electron chi connectivity index (χ0n) is 16.8. The highest BCUT2D eigenvalue weighted by Crippen LogP contribution is 2.18. The van der Waals surface area contributed by atoms with Gasteiger partial charge in [0.15, 0.2) is 0 Å². The lowest BCUT2D eigenvalue weighted by Gasteiger charge is -2.34. The summed E-state index contributed by atoms with van der Waals surface area (Å²) >= 11 is 0. The molecule has 2 fully saturated rings. The number of aryl methyl sites for hydroxylation is 2. The highest BCUT2D eigenvalue weighted by atomic mass is 16.2. The molecule has 1 aliphatic carbocycles. The van der Waals surface area contributed by atoms with Crippen LogP contribution in [0.1, 0.15) is 42.5 Å². The molecule has 1 atom stereocenters. The van der Waals surface area contributed by atoms with Gasteiger partial charge in [-0.25, -0.2) is 0 Å². The maximum atomic E-state index is 12.4. The first kappa shape index (κ1) is 19.8. The summed E-state index contributed by atoms with van der Waals surface area (Å²) < 4.78 is 0. The predicted molar refractivity (Wildman–Crippen MR) is 107 cm³/mol. The minimum absolute atomic E-state index is 0.00390. The average Bonchev–Trinajstić information content (AvgIpc) is 3.42. The summed E-state index contributed by atoms with van der Waals surface area (Å²) in [5, 5.41) is 6.13. The van der Waals surface area contributed by atoms with E-state index in [2.05, 4.69) is 52.5 Å². The van der Waals surface area contributed by atoms with Crippen molar-refractivity contribution in [1.82, 2.24) is 20.4 Å². The zero-order chi connectivity index (χ0) is 19.4. The van der Waals surface area contributed by atoms with Gasteiger partial charge < -0.3 is 10.6 Å². The first-order valence-corrected chi connectivity index (χ1v) is 10.0. The lowest BCUT2D eigenvalue weighted by molar-refractivity contribution is -0.125. The minimum atomic E-state index is 0.00390. The Bertz CT molecular complexity index is 679. The number of hydrogen-bond donors (Lipinski definition) is 2. The van der Waals surface area contributed by atoms with Gasteiger partial charge in [-0.3, -0.25) is 19.4 Å². The molecule has 1 saturated heterocycles. The van der Waals surface area contributed by atoms with Gasteiger partial charge in [-0.1, -0.05) is 18.2 Å². The quantitative estimate of drug-likeness (QED) is 0.759. The van der Waals surface area contributed by atoms with Gasteiger partial charge in [-0.15, -0.1) is 0 Å². The van der Waals surface area contributed by atoms with Crippen LogP contribution in [-0.2, 0) is 9.59 Å². The van der Waals surface area contributed by atoms with Crippen LogP contribution in [0.25, 0.3) is 0 Å². The molecule has 3 rings (SSSR count). The van der Waals surface area contributed by atoms with Gasteiger partial charge in [0.2, 0.25) is 11.8 Å². The number of carbonyl (C=O) groups is 2. The number of benzene rings is 1. The fourth-order valence-electron chi connectivity index (χ4n) is 3.42. The van der Waals surface area contributed by atoms with Crippen molar-refractivity contribution in [3.05, 3.63) is 34.9 Å². The van der Waals surface area contributed by atoms with Crippen molar-refractivity contribution in [1.29, 1.82) is 0 Å². The molecule has 1 aromatic carbocycles. The van der Waals surface area contributed by atoms with Crippen LogP contribution in [0.5, 0.6) is 0 Å². The number of nitrogens with zero attached hydrogens (tertiary/aromatic N) is 2. The van der Waals surface area contributed by atoms with E-state index in [1.807, 2.05) is 6.92 Å². The van der Waals surface area contributed by atoms with E-state index >= 15 is 0 Å². The van der Waals surface area contributed by atoms with E-state index in [0.29, 0.717) is 19.1 Å². The van der Waals surface area contributed by atoms with E-state index in [1.165, 1.54) is 11.1 Å². The highest BCUT2D eigenvalue weighted by Gasteiger charge is 2.25. The van der Waals surface area contributed by atoms with Gasteiger partial charge in [0.05, 0.1) is 19.1 Å². The lowest BCUT2D eigenvalue weighted by Crippen LogP contribution is -2.51. The molecule has 6 heteroatoms. The second kappa shape index (κ2) is 8.85. The number of piperazine rings is 1. The normalized spacial score (nSPS) is 19.5. The molecule has 148 valence electrons. The third kappa shape index (κ3) is 6.04. The van der Waals surface area contributed by atoms with Crippen molar-refractivity contribution >= 4 is 11.8 Å². The maximum absolute atomic E-state index is 12.4. The second-order valence-electron chi connectivity index (χ2n) is 8.03. The molecule has 2 amide bonds. The van der Waals surface area contributed by atoms with Crippen LogP contribution in [0.2, 0.25) is 0 Å². The van der Waals surface area contributed by atoms with Crippen LogP contribution < -0.4 is 10.6 Å². The molecule has 1 aliphatic heterocycles. The van der Waals surface area contributed by atoms with E-state index in [0.717, 1.165) is 44.6 Å². The predicted octanol–water partition coefficient (Wildman–Crippen LogP) is 1.38. The van der Waals surface area contributed by atoms with Crippen LogP contribution in [0, 0.1) is 13.8 Å². The van der Waals surface area contributed by atoms with Crippen molar-refractivity contribution in [2.24, 2.45) is 0 Å². The molecule has 2 N–H and O–H groups in total. The Balaban J connectivity index is 1.38. The fourth-order valence-corrected chi connectivity index (χ4v) is 3.42. The fraction of sp³-hybridized carbons (Fsp3) is 0.619. The van der Waals surface area contributed by atoms with E-state index in [9.17, 15) is 9.59 Å². The third-order valence-electron chi connectivity index (χ3n) is 5.55. The highest BCUT2D eigenvalue weighted by molar-refractivity contribution is 5.79. The molecule has 1 unspecified atom stereocenters. The van der Waals surface area contributed by atoms with Crippen molar-refractivity contribution in [3.63, 3.8) is 0 Å². The summed E-state index contributed by atoms with van der Waals surface area (Å²) in [5.74, 6) is 0.187. The zero-order valence-corrected chi connectivity index (χ0v) is 16.8. The molecular weight excluding hydrogens is 340 g/mol. The molecule has 0 bridgehead atoms. The number of amides is 2. The molecular formula is C21H32N4O2. The monoisotopic (exact) mass is 372 g/mol. The molecule has 0 spiro atoms. The topological polar surface area (TPSA) is 64.7 Å². The Morgan fingerprint density at radius 1 is 1.00 bits per heavy atom. The maximum Gasteiger partial charge on any atom is 0.234 e. The number of hydrogen-bond acceptors (Lipinski definition) is 4. The van der Waals surface area contributed by atoms with Crippen molar-refractivity contribution in [2.75, 3.05) is 39.3 Å². The first-order chi connectivity index (χ1) is 12.9. The Morgan fingerprint density at radius 2 is 1.59 bits per heavy atom. The Morgan fingerprint density at radius 3 is 2.15 bits per heavy atom. The van der Waals surface area contributed by atoms with Gasteiger partial charge >= 0.3 is 0 Å². The molecule has 1 aromatic rings. The molecule has 6 nitrogen and oxygen atoms in total. The first-order valence-electron chi connectivity index (χ1n) is 10.0. The number of carbonyl (C=O) groups excluding carboxylic acids is 2. The lowest BCUT2D eigenvalue weighted by atomic mass is 10.0.